The number of esters is 1. The van der Waals surface area contributed by atoms with Gasteiger partial charge in [-0.15, -0.1) is 0 Å². The van der Waals surface area contributed by atoms with Gasteiger partial charge in [0.25, 0.3) is 15.9 Å². The summed E-state index contributed by atoms with van der Waals surface area (Å²) >= 11 is 0. The Morgan fingerprint density at radius 1 is 0.829 bits per heavy atom. The zero-order chi connectivity index (χ0) is 25.6. The van der Waals surface area contributed by atoms with Crippen LogP contribution in [-0.2, 0) is 14.8 Å². The standard InChI is InChI=1S/C27H30N2O5S/c1-5-6-13-34-27(31)21-9-11-23(12-10-21)28-26(30)22-8-7-20(4)25(17-22)35(32,33)29-24-15-18(2)14-19(3)16-24/h7-12,14-17,29H,5-6,13H2,1-4H3,(H,28,30). The van der Waals surface area contributed by atoms with E-state index in [0.29, 0.717) is 29.1 Å². The maximum atomic E-state index is 13.1. The van der Waals surface area contributed by atoms with Crippen LogP contribution >= 0.6 is 0 Å². The predicted molar refractivity (Wildman–Crippen MR) is 137 cm³/mol. The molecule has 1 amide bonds. The third-order valence-electron chi connectivity index (χ3n) is 5.32. The van der Waals surface area contributed by atoms with Gasteiger partial charge in [-0.3, -0.25) is 9.52 Å². The monoisotopic (exact) mass is 494 g/mol. The summed E-state index contributed by atoms with van der Waals surface area (Å²) in [6.45, 7) is 7.84. The highest BCUT2D eigenvalue weighted by Gasteiger charge is 2.20. The van der Waals surface area contributed by atoms with Crippen LogP contribution in [0.4, 0.5) is 11.4 Å². The van der Waals surface area contributed by atoms with Crippen LogP contribution in [0.3, 0.4) is 0 Å². The SMILES string of the molecule is CCCCOC(=O)c1ccc(NC(=O)c2ccc(C)c(S(=O)(=O)Nc3cc(C)cc(C)c3)c2)cc1. The number of hydrogen-bond donors (Lipinski definition) is 2. The number of unbranched alkanes of at least 4 members (excludes halogenated alkanes) is 1. The normalized spacial score (nSPS) is 11.1. The highest BCUT2D eigenvalue weighted by atomic mass is 32.2. The van der Waals surface area contributed by atoms with E-state index in [1.54, 1.807) is 55.5 Å². The first-order chi connectivity index (χ1) is 16.6. The Balaban J connectivity index is 1.75. The summed E-state index contributed by atoms with van der Waals surface area (Å²) in [7, 11) is -3.91. The number of carbonyl (C=O) groups excluding carboxylic acids is 2. The molecule has 0 atom stereocenters. The summed E-state index contributed by atoms with van der Waals surface area (Å²) in [5.74, 6) is -0.882. The number of ether oxygens (including phenoxy) is 1. The van der Waals surface area contributed by atoms with Crippen LogP contribution in [0.1, 0.15) is 57.2 Å². The highest BCUT2D eigenvalue weighted by molar-refractivity contribution is 7.92. The molecule has 35 heavy (non-hydrogen) atoms. The summed E-state index contributed by atoms with van der Waals surface area (Å²) in [6, 6.07) is 16.3. The fourth-order valence-electron chi connectivity index (χ4n) is 3.56. The molecular formula is C27H30N2O5S. The molecule has 0 saturated heterocycles. The number of carbonyl (C=O) groups is 2. The molecule has 0 aromatic heterocycles. The van der Waals surface area contributed by atoms with Crippen molar-refractivity contribution in [2.24, 2.45) is 0 Å². The molecular weight excluding hydrogens is 464 g/mol. The van der Waals surface area contributed by atoms with Gasteiger partial charge in [0.15, 0.2) is 0 Å². The van der Waals surface area contributed by atoms with Gasteiger partial charge in [0.05, 0.1) is 17.1 Å². The van der Waals surface area contributed by atoms with Gasteiger partial charge >= 0.3 is 5.97 Å². The zero-order valence-corrected chi connectivity index (χ0v) is 21.2. The minimum Gasteiger partial charge on any atom is -0.462 e. The molecule has 0 unspecified atom stereocenters. The minimum atomic E-state index is -3.91. The van der Waals surface area contributed by atoms with Crippen LogP contribution in [-0.4, -0.2) is 26.9 Å². The second kappa shape index (κ2) is 11.2. The van der Waals surface area contributed by atoms with E-state index in [-0.39, 0.29) is 10.5 Å². The van der Waals surface area contributed by atoms with Gasteiger partial charge in [0.1, 0.15) is 0 Å². The van der Waals surface area contributed by atoms with E-state index in [2.05, 4.69) is 10.0 Å². The fourth-order valence-corrected chi connectivity index (χ4v) is 4.87. The summed E-state index contributed by atoms with van der Waals surface area (Å²) < 4.78 is 34.0. The molecule has 0 aliphatic heterocycles. The molecule has 0 heterocycles. The van der Waals surface area contributed by atoms with Crippen molar-refractivity contribution in [1.29, 1.82) is 0 Å². The first-order valence-corrected chi connectivity index (χ1v) is 12.9. The van der Waals surface area contributed by atoms with Crippen molar-refractivity contribution >= 4 is 33.3 Å². The van der Waals surface area contributed by atoms with Crippen molar-refractivity contribution in [3.05, 3.63) is 88.5 Å². The Kier molecular flexibility index (Phi) is 8.30. The largest absolute Gasteiger partial charge is 0.462 e. The third-order valence-corrected chi connectivity index (χ3v) is 6.85. The molecule has 0 radical (unpaired) electrons. The third kappa shape index (κ3) is 6.93. The molecule has 3 rings (SSSR count). The Bertz CT molecular complexity index is 1310. The maximum Gasteiger partial charge on any atom is 0.338 e. The number of benzene rings is 3. The lowest BCUT2D eigenvalue weighted by Gasteiger charge is -2.13. The molecule has 0 spiro atoms. The van der Waals surface area contributed by atoms with Gasteiger partial charge in [0, 0.05) is 16.9 Å². The maximum absolute atomic E-state index is 13.1. The number of anilines is 2. The lowest BCUT2D eigenvalue weighted by molar-refractivity contribution is 0.0499. The van der Waals surface area contributed by atoms with Crippen LogP contribution < -0.4 is 10.0 Å². The van der Waals surface area contributed by atoms with E-state index < -0.39 is 21.9 Å². The number of nitrogens with one attached hydrogen (secondary N) is 2. The quantitative estimate of drug-likeness (QED) is 0.297. The highest BCUT2D eigenvalue weighted by Crippen LogP contribution is 2.23. The molecule has 8 heteroatoms. The van der Waals surface area contributed by atoms with Crippen LogP contribution in [0.15, 0.2) is 65.6 Å². The second-order valence-corrected chi connectivity index (χ2v) is 10.1. The zero-order valence-electron chi connectivity index (χ0n) is 20.3. The van der Waals surface area contributed by atoms with Crippen LogP contribution in [0, 0.1) is 20.8 Å². The number of rotatable bonds is 9. The molecule has 3 aromatic carbocycles. The van der Waals surface area contributed by atoms with E-state index in [4.69, 9.17) is 4.74 Å². The van der Waals surface area contributed by atoms with Gasteiger partial charge in [-0.05, 0) is 92.4 Å². The lowest BCUT2D eigenvalue weighted by Crippen LogP contribution is -2.17. The summed E-state index contributed by atoms with van der Waals surface area (Å²) in [4.78, 5) is 24.9. The Hall–Kier alpha value is -3.65. The summed E-state index contributed by atoms with van der Waals surface area (Å²) in [6.07, 6.45) is 1.73. The van der Waals surface area contributed by atoms with Gasteiger partial charge in [0.2, 0.25) is 0 Å². The van der Waals surface area contributed by atoms with Crippen molar-refractivity contribution in [2.45, 2.75) is 45.4 Å². The first-order valence-electron chi connectivity index (χ1n) is 11.4. The van der Waals surface area contributed by atoms with Gasteiger partial charge < -0.3 is 10.1 Å². The number of amides is 1. The van der Waals surface area contributed by atoms with E-state index in [0.717, 1.165) is 24.0 Å². The first kappa shape index (κ1) is 26.0. The van der Waals surface area contributed by atoms with Crippen LogP contribution in [0.5, 0.6) is 0 Å². The Labute approximate surface area is 206 Å². The molecule has 0 aliphatic carbocycles. The molecule has 0 saturated carbocycles. The average molecular weight is 495 g/mol. The van der Waals surface area contributed by atoms with Crippen LogP contribution in [0.2, 0.25) is 0 Å². The van der Waals surface area contributed by atoms with Crippen LogP contribution in [0.25, 0.3) is 0 Å². The Morgan fingerprint density at radius 2 is 1.46 bits per heavy atom. The molecule has 3 aromatic rings. The minimum absolute atomic E-state index is 0.0227. The molecule has 2 N–H and O–H groups in total. The van der Waals surface area contributed by atoms with E-state index >= 15 is 0 Å². The predicted octanol–water partition coefficient (Wildman–Crippen LogP) is 5.62. The number of aryl methyl sites for hydroxylation is 3. The fraction of sp³-hybridized carbons (Fsp3) is 0.259. The van der Waals surface area contributed by atoms with Gasteiger partial charge in [-0.1, -0.05) is 25.5 Å². The summed E-state index contributed by atoms with van der Waals surface area (Å²) in [5, 5.41) is 2.73. The lowest BCUT2D eigenvalue weighted by atomic mass is 10.1. The topological polar surface area (TPSA) is 102 Å². The average Bonchev–Trinajstić information content (AvgIpc) is 2.78. The van der Waals surface area contributed by atoms with Crippen molar-refractivity contribution in [3.8, 4) is 0 Å². The molecule has 0 fully saturated rings. The van der Waals surface area contributed by atoms with Gasteiger partial charge in [-0.25, -0.2) is 13.2 Å². The second-order valence-electron chi connectivity index (χ2n) is 8.48. The Morgan fingerprint density at radius 3 is 2.09 bits per heavy atom. The van der Waals surface area contributed by atoms with Crippen molar-refractivity contribution in [2.75, 3.05) is 16.6 Å². The van der Waals surface area contributed by atoms with Crippen molar-refractivity contribution in [3.63, 3.8) is 0 Å². The van der Waals surface area contributed by atoms with E-state index in [9.17, 15) is 18.0 Å². The van der Waals surface area contributed by atoms with E-state index in [1.807, 2.05) is 26.8 Å². The molecule has 7 nitrogen and oxygen atoms in total. The van der Waals surface area contributed by atoms with Crippen molar-refractivity contribution in [1.82, 2.24) is 0 Å². The number of hydrogen-bond acceptors (Lipinski definition) is 5. The molecule has 184 valence electrons. The molecule has 0 bridgehead atoms. The number of sulfonamides is 1. The van der Waals surface area contributed by atoms with Gasteiger partial charge in [-0.2, -0.15) is 0 Å². The van der Waals surface area contributed by atoms with Crippen molar-refractivity contribution < 1.29 is 22.7 Å². The van der Waals surface area contributed by atoms with E-state index in [1.165, 1.54) is 6.07 Å². The smallest absolute Gasteiger partial charge is 0.338 e. The summed E-state index contributed by atoms with van der Waals surface area (Å²) in [5.41, 5.74) is 3.91. The molecule has 0 aliphatic rings.